The first kappa shape index (κ1) is 28.9. The van der Waals surface area contributed by atoms with Crippen LogP contribution in [-0.4, -0.2) is 62.6 Å². The van der Waals surface area contributed by atoms with Gasteiger partial charge < -0.3 is 20.1 Å². The van der Waals surface area contributed by atoms with E-state index in [4.69, 9.17) is 0 Å². The molecular formula is C34H43N5O2S. The molecule has 0 bridgehead atoms. The molecule has 2 aliphatic rings. The normalized spacial score (nSPS) is 17.8. The summed E-state index contributed by atoms with van der Waals surface area (Å²) in [4.78, 5) is 8.85. The largest absolute Gasteiger partial charge is 0.371 e. The molecule has 0 saturated carbocycles. The van der Waals surface area contributed by atoms with Crippen molar-refractivity contribution in [2.75, 3.05) is 31.1 Å². The third-order valence-corrected chi connectivity index (χ3v) is 10.4. The van der Waals surface area contributed by atoms with Crippen molar-refractivity contribution in [3.05, 3.63) is 84.4 Å². The number of hydrogen-bond acceptors (Lipinski definition) is 5. The lowest BCUT2D eigenvalue weighted by Crippen LogP contribution is -2.50. The lowest BCUT2D eigenvalue weighted by Gasteiger charge is -2.39. The topological polar surface area (TPSA) is 80.5 Å². The van der Waals surface area contributed by atoms with Crippen molar-refractivity contribution in [2.24, 2.45) is 0 Å². The van der Waals surface area contributed by atoms with Crippen molar-refractivity contribution in [2.45, 2.75) is 69.1 Å². The second kappa shape index (κ2) is 12.6. The number of benzene rings is 3. The van der Waals surface area contributed by atoms with Crippen molar-refractivity contribution < 1.29 is 8.42 Å². The second-order valence-electron chi connectivity index (χ2n) is 12.1. The van der Waals surface area contributed by atoms with E-state index in [2.05, 4.69) is 62.9 Å². The summed E-state index contributed by atoms with van der Waals surface area (Å²) in [6, 6.07) is 27.4. The minimum absolute atomic E-state index is 0.261. The zero-order valence-corrected chi connectivity index (χ0v) is 25.5. The Bertz CT molecular complexity index is 1580. The van der Waals surface area contributed by atoms with E-state index in [0.717, 1.165) is 53.7 Å². The number of aromatic nitrogens is 1. The van der Waals surface area contributed by atoms with Crippen LogP contribution in [0.1, 0.15) is 45.1 Å². The summed E-state index contributed by atoms with van der Waals surface area (Å²) >= 11 is 0. The molecule has 8 heteroatoms. The summed E-state index contributed by atoms with van der Waals surface area (Å²) in [5.74, 6) is 0. The van der Waals surface area contributed by atoms with Gasteiger partial charge in [-0.05, 0) is 100 Å². The molecule has 0 amide bonds. The summed E-state index contributed by atoms with van der Waals surface area (Å²) in [6.45, 7) is 9.37. The Kier molecular flexibility index (Phi) is 8.67. The fraction of sp³-hybridized carbons (Fsp3) is 0.412. The minimum atomic E-state index is -3.62. The van der Waals surface area contributed by atoms with Crippen LogP contribution in [0.5, 0.6) is 0 Å². The highest BCUT2D eigenvalue weighted by atomic mass is 32.2. The van der Waals surface area contributed by atoms with Gasteiger partial charge in [-0.2, -0.15) is 0 Å². The van der Waals surface area contributed by atoms with Crippen LogP contribution in [0.15, 0.2) is 83.8 Å². The van der Waals surface area contributed by atoms with Crippen molar-refractivity contribution in [3.63, 3.8) is 0 Å². The molecule has 2 saturated heterocycles. The van der Waals surface area contributed by atoms with Gasteiger partial charge in [0.05, 0.1) is 4.90 Å². The number of sulfonamides is 1. The molecule has 6 rings (SSSR count). The third-order valence-electron chi connectivity index (χ3n) is 8.96. The second-order valence-corrected chi connectivity index (χ2v) is 13.9. The Hall–Kier alpha value is -3.17. The molecule has 3 aromatic carbocycles. The van der Waals surface area contributed by atoms with Crippen LogP contribution in [-0.2, 0) is 16.6 Å². The summed E-state index contributed by atoms with van der Waals surface area (Å²) in [7, 11) is -3.62. The van der Waals surface area contributed by atoms with E-state index in [1.165, 1.54) is 31.6 Å². The number of anilines is 1. The predicted octanol–water partition coefficient (Wildman–Crippen LogP) is 5.74. The molecule has 7 nitrogen and oxygen atoms in total. The van der Waals surface area contributed by atoms with Gasteiger partial charge in [0.1, 0.15) is 0 Å². The first-order valence-electron chi connectivity index (χ1n) is 15.4. The summed E-state index contributed by atoms with van der Waals surface area (Å²) < 4.78 is 28.7. The van der Waals surface area contributed by atoms with E-state index in [0.29, 0.717) is 18.1 Å². The minimum Gasteiger partial charge on any atom is -0.371 e. The van der Waals surface area contributed by atoms with E-state index in [-0.39, 0.29) is 11.4 Å². The maximum absolute atomic E-state index is 13.0. The highest BCUT2D eigenvalue weighted by molar-refractivity contribution is 7.89. The van der Waals surface area contributed by atoms with Gasteiger partial charge in [0, 0.05) is 60.0 Å². The molecule has 222 valence electrons. The van der Waals surface area contributed by atoms with Crippen molar-refractivity contribution in [3.8, 4) is 11.3 Å². The predicted molar refractivity (Wildman–Crippen MR) is 172 cm³/mol. The van der Waals surface area contributed by atoms with Gasteiger partial charge in [-0.1, -0.05) is 42.5 Å². The van der Waals surface area contributed by atoms with Gasteiger partial charge >= 0.3 is 0 Å². The van der Waals surface area contributed by atoms with Gasteiger partial charge in [0.15, 0.2) is 0 Å². The number of H-pyrrole nitrogens is 1. The molecule has 0 radical (unpaired) electrons. The van der Waals surface area contributed by atoms with Crippen LogP contribution in [0.4, 0.5) is 5.69 Å². The van der Waals surface area contributed by atoms with Gasteiger partial charge in [0.25, 0.3) is 0 Å². The number of piperidine rings is 2. The smallest absolute Gasteiger partial charge is 0.240 e. The number of nitrogens with one attached hydrogen (secondary N) is 3. The quantitative estimate of drug-likeness (QED) is 0.233. The summed E-state index contributed by atoms with van der Waals surface area (Å²) in [5.41, 5.74) is 5.18. The van der Waals surface area contributed by atoms with Gasteiger partial charge in [-0.25, -0.2) is 13.1 Å². The maximum atomic E-state index is 13.0. The molecule has 3 N–H and O–H groups in total. The first-order chi connectivity index (χ1) is 20.3. The van der Waals surface area contributed by atoms with Crippen LogP contribution in [0, 0.1) is 0 Å². The Balaban J connectivity index is 1.08. The molecule has 0 spiro atoms. The van der Waals surface area contributed by atoms with E-state index in [1.54, 1.807) is 12.1 Å². The molecule has 3 heterocycles. The Morgan fingerprint density at radius 1 is 0.833 bits per heavy atom. The first-order valence-corrected chi connectivity index (χ1v) is 16.8. The van der Waals surface area contributed by atoms with Crippen molar-refractivity contribution >= 4 is 26.6 Å². The van der Waals surface area contributed by atoms with E-state index >= 15 is 0 Å². The number of nitrogens with zero attached hydrogens (tertiary/aromatic N) is 2. The average Bonchev–Trinajstić information content (AvgIpc) is 3.45. The average molecular weight is 586 g/mol. The fourth-order valence-electron chi connectivity index (χ4n) is 6.38. The highest BCUT2D eigenvalue weighted by Gasteiger charge is 2.26. The zero-order chi connectivity index (χ0) is 29.1. The maximum Gasteiger partial charge on any atom is 0.240 e. The summed E-state index contributed by atoms with van der Waals surface area (Å²) in [6.07, 6.45) is 4.83. The number of rotatable bonds is 9. The number of hydrogen-bond donors (Lipinski definition) is 3. The van der Waals surface area contributed by atoms with Crippen LogP contribution in [0.2, 0.25) is 0 Å². The van der Waals surface area contributed by atoms with Crippen LogP contribution >= 0.6 is 0 Å². The van der Waals surface area contributed by atoms with Gasteiger partial charge in [-0.15, -0.1) is 0 Å². The number of aromatic amines is 1. The molecule has 4 aromatic rings. The standard InChI is InChI=1S/C34H43N5O2S/c1-25(2)38-17-13-29(14-18-38)36-30-15-19-39(20-16-30)31-10-6-9-27(21-31)34-23-28-22-32(11-12-33(28)37-34)42(40,41)35-24-26-7-4-3-5-8-26/h3-12,21-23,25,29-30,35-37H,13-20,24H2,1-2H3. The molecule has 0 aliphatic carbocycles. The molecule has 1 aromatic heterocycles. The third kappa shape index (κ3) is 6.73. The highest BCUT2D eigenvalue weighted by Crippen LogP contribution is 2.30. The lowest BCUT2D eigenvalue weighted by molar-refractivity contribution is 0.154. The Morgan fingerprint density at radius 2 is 1.55 bits per heavy atom. The van der Waals surface area contributed by atoms with Crippen LogP contribution in [0.3, 0.4) is 0 Å². The monoisotopic (exact) mass is 585 g/mol. The van der Waals surface area contributed by atoms with E-state index < -0.39 is 10.0 Å². The number of likely N-dealkylation sites (tertiary alicyclic amines) is 1. The number of fused-ring (bicyclic) bond motifs is 1. The Labute approximate surface area is 250 Å². The van der Waals surface area contributed by atoms with E-state index in [1.807, 2.05) is 42.5 Å². The zero-order valence-electron chi connectivity index (χ0n) is 24.7. The van der Waals surface area contributed by atoms with Crippen molar-refractivity contribution in [1.82, 2.24) is 19.9 Å². The fourth-order valence-corrected chi connectivity index (χ4v) is 7.43. The molecule has 42 heavy (non-hydrogen) atoms. The summed E-state index contributed by atoms with van der Waals surface area (Å²) in [5, 5.41) is 4.85. The van der Waals surface area contributed by atoms with Crippen molar-refractivity contribution in [1.29, 1.82) is 0 Å². The molecule has 0 atom stereocenters. The SMILES string of the molecule is CC(C)N1CCC(NC2CCN(c3cccc(-c4cc5cc(S(=O)(=O)NCc6ccccc6)ccc5[nH]4)c3)CC2)CC1. The lowest BCUT2D eigenvalue weighted by atomic mass is 9.98. The van der Waals surface area contributed by atoms with Gasteiger partial charge in [-0.3, -0.25) is 0 Å². The Morgan fingerprint density at radius 3 is 2.26 bits per heavy atom. The van der Waals surface area contributed by atoms with Crippen LogP contribution < -0.4 is 14.9 Å². The molecule has 2 aliphatic heterocycles. The molecular weight excluding hydrogens is 542 g/mol. The molecule has 0 unspecified atom stereocenters. The van der Waals surface area contributed by atoms with Gasteiger partial charge in [0.2, 0.25) is 10.0 Å². The van der Waals surface area contributed by atoms with E-state index in [9.17, 15) is 8.42 Å². The van der Waals surface area contributed by atoms with Crippen LogP contribution in [0.25, 0.3) is 22.2 Å². The molecule has 2 fully saturated rings.